The van der Waals surface area contributed by atoms with Gasteiger partial charge in [-0.2, -0.15) is 0 Å². The number of halogens is 2. The van der Waals surface area contributed by atoms with Crippen LogP contribution in [0.25, 0.3) is 0 Å². The fourth-order valence-corrected chi connectivity index (χ4v) is 1.65. The fourth-order valence-electron chi connectivity index (χ4n) is 1.16. The zero-order valence-electron chi connectivity index (χ0n) is 9.00. The summed E-state index contributed by atoms with van der Waals surface area (Å²) in [5.41, 5.74) is 0.572. The van der Waals surface area contributed by atoms with Gasteiger partial charge in [-0.05, 0) is 18.2 Å². The second-order valence-corrected chi connectivity index (χ2v) is 4.43. The Hall–Kier alpha value is -1.07. The van der Waals surface area contributed by atoms with Gasteiger partial charge in [-0.3, -0.25) is 9.59 Å². The van der Waals surface area contributed by atoms with E-state index in [2.05, 4.69) is 26.6 Å². The van der Waals surface area contributed by atoms with Gasteiger partial charge in [-0.15, -0.1) is 11.6 Å². The second-order valence-electron chi connectivity index (χ2n) is 3.25. The molecule has 1 rings (SSSR count). The number of hydrogen-bond acceptors (Lipinski definition) is 2. The van der Waals surface area contributed by atoms with Gasteiger partial charge in [-0.25, -0.2) is 0 Å². The summed E-state index contributed by atoms with van der Waals surface area (Å²) < 4.78 is 0.848. The molecular weight excluding hydrogens is 307 g/mol. The SMILES string of the molecule is O=C(CCl)NCCNC(=O)c1cccc(Br)c1. The molecule has 92 valence electrons. The number of alkyl halides is 1. The molecule has 0 heterocycles. The van der Waals surface area contributed by atoms with Crippen molar-refractivity contribution in [2.24, 2.45) is 0 Å². The van der Waals surface area contributed by atoms with Crippen LogP contribution < -0.4 is 10.6 Å². The summed E-state index contributed by atoms with van der Waals surface area (Å²) in [5.74, 6) is -0.491. The van der Waals surface area contributed by atoms with Crippen LogP contribution >= 0.6 is 27.5 Å². The van der Waals surface area contributed by atoms with Gasteiger partial charge < -0.3 is 10.6 Å². The molecule has 0 radical (unpaired) electrons. The summed E-state index contributed by atoms with van der Waals surface area (Å²) in [6, 6.07) is 7.08. The van der Waals surface area contributed by atoms with Crippen LogP contribution in [0, 0.1) is 0 Å². The molecule has 0 aliphatic heterocycles. The third kappa shape index (κ3) is 5.19. The molecule has 0 saturated carbocycles. The van der Waals surface area contributed by atoms with E-state index in [1.165, 1.54) is 0 Å². The minimum atomic E-state index is -0.247. The van der Waals surface area contributed by atoms with E-state index < -0.39 is 0 Å². The van der Waals surface area contributed by atoms with E-state index >= 15 is 0 Å². The fraction of sp³-hybridized carbons (Fsp3) is 0.273. The number of hydrogen-bond donors (Lipinski definition) is 2. The lowest BCUT2D eigenvalue weighted by Crippen LogP contribution is -2.35. The zero-order chi connectivity index (χ0) is 12.7. The predicted molar refractivity (Wildman–Crippen MR) is 70.2 cm³/mol. The summed E-state index contributed by atoms with van der Waals surface area (Å²) in [5, 5.41) is 5.24. The number of carbonyl (C=O) groups is 2. The van der Waals surface area contributed by atoms with E-state index in [0.29, 0.717) is 18.7 Å². The lowest BCUT2D eigenvalue weighted by atomic mass is 10.2. The highest BCUT2D eigenvalue weighted by molar-refractivity contribution is 9.10. The monoisotopic (exact) mass is 318 g/mol. The molecule has 0 bridgehead atoms. The molecule has 1 aromatic rings. The Bertz CT molecular complexity index is 412. The summed E-state index contributed by atoms with van der Waals surface area (Å²) in [6.45, 7) is 0.735. The third-order valence-corrected chi connectivity index (χ3v) is 2.68. The van der Waals surface area contributed by atoms with Crippen LogP contribution in [0.3, 0.4) is 0 Å². The Morgan fingerprint density at radius 1 is 1.24 bits per heavy atom. The predicted octanol–water partition coefficient (Wildman–Crippen LogP) is 1.53. The van der Waals surface area contributed by atoms with Crippen molar-refractivity contribution in [1.82, 2.24) is 10.6 Å². The van der Waals surface area contributed by atoms with Gasteiger partial charge >= 0.3 is 0 Å². The maximum absolute atomic E-state index is 11.6. The van der Waals surface area contributed by atoms with E-state index in [-0.39, 0.29) is 17.7 Å². The molecule has 0 saturated heterocycles. The molecule has 0 aliphatic carbocycles. The molecule has 0 spiro atoms. The van der Waals surface area contributed by atoms with Crippen molar-refractivity contribution in [3.63, 3.8) is 0 Å². The Balaban J connectivity index is 2.33. The van der Waals surface area contributed by atoms with Crippen molar-refractivity contribution < 1.29 is 9.59 Å². The minimum Gasteiger partial charge on any atom is -0.353 e. The van der Waals surface area contributed by atoms with Gasteiger partial charge in [-0.1, -0.05) is 22.0 Å². The summed E-state index contributed by atoms with van der Waals surface area (Å²) in [7, 11) is 0. The quantitative estimate of drug-likeness (QED) is 0.639. The van der Waals surface area contributed by atoms with Crippen molar-refractivity contribution in [2.75, 3.05) is 19.0 Å². The van der Waals surface area contributed by atoms with E-state index in [4.69, 9.17) is 11.6 Å². The molecule has 0 aromatic heterocycles. The smallest absolute Gasteiger partial charge is 0.251 e. The highest BCUT2D eigenvalue weighted by Gasteiger charge is 2.04. The van der Waals surface area contributed by atoms with Crippen LogP contribution in [0.4, 0.5) is 0 Å². The number of nitrogens with one attached hydrogen (secondary N) is 2. The molecular formula is C11H12BrClN2O2. The zero-order valence-corrected chi connectivity index (χ0v) is 11.3. The highest BCUT2D eigenvalue weighted by atomic mass is 79.9. The van der Waals surface area contributed by atoms with Crippen molar-refractivity contribution in [3.8, 4) is 0 Å². The molecule has 0 fully saturated rings. The maximum Gasteiger partial charge on any atom is 0.251 e. The average Bonchev–Trinajstić information content (AvgIpc) is 2.34. The number of carbonyl (C=O) groups excluding carboxylic acids is 2. The number of amides is 2. The summed E-state index contributed by atoms with van der Waals surface area (Å²) in [4.78, 5) is 22.4. The lowest BCUT2D eigenvalue weighted by molar-refractivity contribution is -0.118. The molecule has 4 nitrogen and oxygen atoms in total. The molecule has 0 atom stereocenters. The molecule has 6 heteroatoms. The van der Waals surface area contributed by atoms with Gasteiger partial charge in [0, 0.05) is 23.1 Å². The van der Waals surface area contributed by atoms with E-state index in [0.717, 1.165) is 4.47 Å². The van der Waals surface area contributed by atoms with Gasteiger partial charge in [0.25, 0.3) is 5.91 Å². The molecule has 2 N–H and O–H groups in total. The van der Waals surface area contributed by atoms with Crippen LogP contribution in [0.1, 0.15) is 10.4 Å². The Morgan fingerprint density at radius 2 is 1.94 bits per heavy atom. The van der Waals surface area contributed by atoms with Crippen molar-refractivity contribution >= 4 is 39.3 Å². The lowest BCUT2D eigenvalue weighted by Gasteiger charge is -2.06. The Labute approximate surface area is 113 Å². The standard InChI is InChI=1S/C11H12BrClN2O2/c12-9-3-1-2-8(6-9)11(17)15-5-4-14-10(16)7-13/h1-3,6H,4-5,7H2,(H,14,16)(H,15,17). The van der Waals surface area contributed by atoms with Crippen LogP contribution in [0.2, 0.25) is 0 Å². The molecule has 1 aromatic carbocycles. The molecule has 0 aliphatic rings. The highest BCUT2D eigenvalue weighted by Crippen LogP contribution is 2.11. The van der Waals surface area contributed by atoms with Gasteiger partial charge in [0.15, 0.2) is 0 Å². The Morgan fingerprint density at radius 3 is 2.59 bits per heavy atom. The van der Waals surface area contributed by atoms with Crippen LogP contribution in [-0.2, 0) is 4.79 Å². The topological polar surface area (TPSA) is 58.2 Å². The third-order valence-electron chi connectivity index (χ3n) is 1.94. The van der Waals surface area contributed by atoms with Crippen LogP contribution in [0.15, 0.2) is 28.7 Å². The first-order chi connectivity index (χ1) is 8.13. The largest absolute Gasteiger partial charge is 0.353 e. The molecule has 17 heavy (non-hydrogen) atoms. The van der Waals surface area contributed by atoms with Crippen molar-refractivity contribution in [3.05, 3.63) is 34.3 Å². The number of benzene rings is 1. The van der Waals surface area contributed by atoms with Crippen molar-refractivity contribution in [1.29, 1.82) is 0 Å². The first-order valence-electron chi connectivity index (χ1n) is 5.00. The Kier molecular flexibility index (Phi) is 6.00. The van der Waals surface area contributed by atoms with E-state index in [9.17, 15) is 9.59 Å². The second kappa shape index (κ2) is 7.29. The normalized spacial score (nSPS) is 9.76. The first-order valence-corrected chi connectivity index (χ1v) is 6.32. The van der Waals surface area contributed by atoms with Crippen LogP contribution in [-0.4, -0.2) is 30.8 Å². The maximum atomic E-state index is 11.6. The molecule has 0 unspecified atom stereocenters. The van der Waals surface area contributed by atoms with Gasteiger partial charge in [0.1, 0.15) is 5.88 Å². The van der Waals surface area contributed by atoms with Gasteiger partial charge in [0.05, 0.1) is 0 Å². The minimum absolute atomic E-state index is 0.0699. The first kappa shape index (κ1) is 14.0. The number of rotatable bonds is 5. The summed E-state index contributed by atoms with van der Waals surface area (Å²) in [6.07, 6.45) is 0. The van der Waals surface area contributed by atoms with Crippen molar-refractivity contribution in [2.45, 2.75) is 0 Å². The van der Waals surface area contributed by atoms with Gasteiger partial charge in [0.2, 0.25) is 5.91 Å². The van der Waals surface area contributed by atoms with Crippen LogP contribution in [0.5, 0.6) is 0 Å². The van der Waals surface area contributed by atoms with E-state index in [1.807, 2.05) is 6.07 Å². The molecule has 2 amide bonds. The average molecular weight is 320 g/mol. The summed E-state index contributed by atoms with van der Waals surface area (Å²) >= 11 is 8.59. The van der Waals surface area contributed by atoms with E-state index in [1.54, 1.807) is 18.2 Å².